The van der Waals surface area contributed by atoms with Crippen LogP contribution in [0.4, 0.5) is 0 Å². The van der Waals surface area contributed by atoms with E-state index < -0.39 is 0 Å². The Bertz CT molecular complexity index is 171. The molecule has 0 spiro atoms. The fraction of sp³-hybridized carbons (Fsp3) is 1.00. The Hall–Kier alpha value is -0.120. The number of likely N-dealkylation sites (N-methyl/N-ethyl adjacent to an activating group) is 1. The Kier molecular flexibility index (Phi) is 10.7. The summed E-state index contributed by atoms with van der Waals surface area (Å²) in [5.74, 6) is 0.957. The molecule has 2 fully saturated rings. The van der Waals surface area contributed by atoms with E-state index in [2.05, 4.69) is 28.7 Å². The Morgan fingerprint density at radius 2 is 1.33 bits per heavy atom. The molecule has 3 nitrogen and oxygen atoms in total. The molecule has 3 heteroatoms. The summed E-state index contributed by atoms with van der Waals surface area (Å²) < 4.78 is 0. The van der Waals surface area contributed by atoms with E-state index in [1.165, 1.54) is 52.4 Å². The van der Waals surface area contributed by atoms with Crippen LogP contribution >= 0.6 is 0 Å². The summed E-state index contributed by atoms with van der Waals surface area (Å²) in [6, 6.07) is 0. The molecule has 2 rings (SSSR count). The maximum Gasteiger partial charge on any atom is 0.0110 e. The van der Waals surface area contributed by atoms with Gasteiger partial charge in [-0.25, -0.2) is 0 Å². The Morgan fingerprint density at radius 1 is 0.833 bits per heavy atom. The predicted octanol–water partition coefficient (Wildman–Crippen LogP) is 2.24. The molecular weight excluding hydrogens is 222 g/mol. The first-order valence-electron chi connectivity index (χ1n) is 7.91. The zero-order valence-corrected chi connectivity index (χ0v) is 13.6. The average molecular weight is 257 g/mol. The summed E-state index contributed by atoms with van der Waals surface area (Å²) >= 11 is 0. The Balaban J connectivity index is 0.000000659. The highest BCUT2D eigenvalue weighted by Crippen LogP contribution is 2.16. The number of rotatable bonds is 3. The smallest absolute Gasteiger partial charge is 0.0110 e. The summed E-state index contributed by atoms with van der Waals surface area (Å²) in [6.45, 7) is 20.6. The van der Waals surface area contributed by atoms with Gasteiger partial charge in [0.1, 0.15) is 0 Å². The molecule has 0 amide bonds. The van der Waals surface area contributed by atoms with Crippen molar-refractivity contribution in [2.24, 2.45) is 5.92 Å². The summed E-state index contributed by atoms with van der Waals surface area (Å²) in [5.41, 5.74) is 0. The van der Waals surface area contributed by atoms with Crippen LogP contribution in [0.5, 0.6) is 0 Å². The standard InChI is InChI=1S/C11H23N3.2C2H6/c1-3-13-8-11(9-13)10-14-6-4-12(2)5-7-14;2*1-2/h11H,3-10H2,1-2H3;2*1-2H3. The Labute approximate surface area is 115 Å². The quantitative estimate of drug-likeness (QED) is 0.768. The van der Waals surface area contributed by atoms with Crippen LogP contribution in [0.2, 0.25) is 0 Å². The number of nitrogens with zero attached hydrogens (tertiary/aromatic N) is 3. The van der Waals surface area contributed by atoms with Crippen molar-refractivity contribution in [1.29, 1.82) is 0 Å². The van der Waals surface area contributed by atoms with E-state index in [1.54, 1.807) is 0 Å². The van der Waals surface area contributed by atoms with E-state index in [4.69, 9.17) is 0 Å². The lowest BCUT2D eigenvalue weighted by molar-refractivity contribution is 0.0547. The monoisotopic (exact) mass is 257 g/mol. The largest absolute Gasteiger partial charge is 0.304 e. The van der Waals surface area contributed by atoms with Gasteiger partial charge in [-0.1, -0.05) is 34.6 Å². The van der Waals surface area contributed by atoms with Crippen LogP contribution in [0.15, 0.2) is 0 Å². The van der Waals surface area contributed by atoms with Crippen molar-refractivity contribution in [3.8, 4) is 0 Å². The summed E-state index contributed by atoms with van der Waals surface area (Å²) in [7, 11) is 2.22. The van der Waals surface area contributed by atoms with Crippen molar-refractivity contribution in [2.75, 3.05) is 59.4 Å². The molecule has 0 aromatic rings. The van der Waals surface area contributed by atoms with Gasteiger partial charge in [-0.05, 0) is 19.5 Å². The number of likely N-dealkylation sites (tertiary alicyclic amines) is 1. The van der Waals surface area contributed by atoms with Crippen molar-refractivity contribution >= 4 is 0 Å². The summed E-state index contributed by atoms with van der Waals surface area (Å²) in [4.78, 5) is 7.59. The minimum atomic E-state index is 0.957. The van der Waals surface area contributed by atoms with Gasteiger partial charge in [0, 0.05) is 45.8 Å². The van der Waals surface area contributed by atoms with Crippen LogP contribution < -0.4 is 0 Å². The normalized spacial score (nSPS) is 22.3. The molecule has 0 radical (unpaired) electrons. The highest BCUT2D eigenvalue weighted by atomic mass is 15.3. The first kappa shape index (κ1) is 17.9. The molecule has 18 heavy (non-hydrogen) atoms. The first-order chi connectivity index (χ1) is 8.78. The molecule has 0 aromatic heterocycles. The fourth-order valence-corrected chi connectivity index (χ4v) is 2.45. The van der Waals surface area contributed by atoms with Crippen molar-refractivity contribution in [2.45, 2.75) is 34.6 Å². The molecule has 0 atom stereocenters. The minimum Gasteiger partial charge on any atom is -0.304 e. The average Bonchev–Trinajstić information content (AvgIpc) is 2.40. The van der Waals surface area contributed by atoms with E-state index in [9.17, 15) is 0 Å². The van der Waals surface area contributed by atoms with E-state index in [1.807, 2.05) is 27.7 Å². The van der Waals surface area contributed by atoms with Crippen LogP contribution in [0.3, 0.4) is 0 Å². The third-order valence-electron chi connectivity index (χ3n) is 3.59. The van der Waals surface area contributed by atoms with Gasteiger partial charge in [0.25, 0.3) is 0 Å². The van der Waals surface area contributed by atoms with Crippen LogP contribution in [-0.4, -0.2) is 74.1 Å². The van der Waals surface area contributed by atoms with Gasteiger partial charge in [-0.15, -0.1) is 0 Å². The second-order valence-electron chi connectivity index (χ2n) is 4.82. The zero-order chi connectivity index (χ0) is 14.0. The van der Waals surface area contributed by atoms with Gasteiger partial charge < -0.3 is 14.7 Å². The molecular formula is C15H35N3. The maximum atomic E-state index is 2.64. The number of hydrogen-bond acceptors (Lipinski definition) is 3. The lowest BCUT2D eigenvalue weighted by Crippen LogP contribution is -2.54. The van der Waals surface area contributed by atoms with Gasteiger partial charge in [0.15, 0.2) is 0 Å². The summed E-state index contributed by atoms with van der Waals surface area (Å²) in [6.07, 6.45) is 0. The van der Waals surface area contributed by atoms with E-state index in [0.717, 1.165) is 5.92 Å². The van der Waals surface area contributed by atoms with E-state index in [0.29, 0.717) is 0 Å². The Morgan fingerprint density at radius 3 is 1.78 bits per heavy atom. The molecule has 2 heterocycles. The molecule has 2 saturated heterocycles. The third-order valence-corrected chi connectivity index (χ3v) is 3.59. The second kappa shape index (κ2) is 10.8. The van der Waals surface area contributed by atoms with E-state index in [-0.39, 0.29) is 0 Å². The molecule has 0 unspecified atom stereocenters. The number of hydrogen-bond donors (Lipinski definition) is 0. The molecule has 0 aromatic carbocycles. The van der Waals surface area contributed by atoms with Crippen LogP contribution in [-0.2, 0) is 0 Å². The van der Waals surface area contributed by atoms with Crippen molar-refractivity contribution in [3.63, 3.8) is 0 Å². The van der Waals surface area contributed by atoms with Crippen molar-refractivity contribution in [1.82, 2.24) is 14.7 Å². The molecule has 0 bridgehead atoms. The first-order valence-corrected chi connectivity index (χ1v) is 7.91. The SMILES string of the molecule is CC.CC.CCN1CC(CN2CCN(C)CC2)C1. The molecule has 110 valence electrons. The molecule has 0 N–H and O–H groups in total. The molecule has 2 aliphatic rings. The zero-order valence-electron chi connectivity index (χ0n) is 13.6. The highest BCUT2D eigenvalue weighted by Gasteiger charge is 2.27. The number of piperazine rings is 1. The fourth-order valence-electron chi connectivity index (χ4n) is 2.45. The topological polar surface area (TPSA) is 9.72 Å². The van der Waals surface area contributed by atoms with Crippen LogP contribution in [0.1, 0.15) is 34.6 Å². The molecule has 0 aliphatic carbocycles. The van der Waals surface area contributed by atoms with Gasteiger partial charge in [0.05, 0.1) is 0 Å². The summed E-state index contributed by atoms with van der Waals surface area (Å²) in [5, 5.41) is 0. The molecule has 0 saturated carbocycles. The van der Waals surface area contributed by atoms with Crippen LogP contribution in [0.25, 0.3) is 0 Å². The lowest BCUT2D eigenvalue weighted by Gasteiger charge is -2.42. The van der Waals surface area contributed by atoms with Gasteiger partial charge in [0.2, 0.25) is 0 Å². The lowest BCUT2D eigenvalue weighted by atomic mass is 9.99. The molecule has 2 aliphatic heterocycles. The second-order valence-corrected chi connectivity index (χ2v) is 4.82. The third kappa shape index (κ3) is 6.17. The van der Waals surface area contributed by atoms with Gasteiger partial charge in [-0.3, -0.25) is 0 Å². The predicted molar refractivity (Wildman–Crippen MR) is 82.2 cm³/mol. The van der Waals surface area contributed by atoms with Gasteiger partial charge in [-0.2, -0.15) is 0 Å². The maximum absolute atomic E-state index is 2.64. The van der Waals surface area contributed by atoms with Gasteiger partial charge >= 0.3 is 0 Å². The van der Waals surface area contributed by atoms with E-state index >= 15 is 0 Å². The van der Waals surface area contributed by atoms with Crippen molar-refractivity contribution < 1.29 is 0 Å². The highest BCUT2D eigenvalue weighted by molar-refractivity contribution is 4.82. The van der Waals surface area contributed by atoms with Crippen LogP contribution in [0, 0.1) is 5.92 Å². The van der Waals surface area contributed by atoms with Crippen molar-refractivity contribution in [3.05, 3.63) is 0 Å². The minimum absolute atomic E-state index is 0.957.